The number of fused-ring (bicyclic) bond motifs is 5. The van der Waals surface area contributed by atoms with Gasteiger partial charge in [0.15, 0.2) is 0 Å². The largest absolute Gasteiger partial charge is 0.470 e. The number of nitrogen functional groups attached to an aromatic ring is 2. The first-order chi connectivity index (χ1) is 22.2. The van der Waals surface area contributed by atoms with Crippen molar-refractivity contribution in [2.45, 2.75) is 135 Å². The summed E-state index contributed by atoms with van der Waals surface area (Å²) < 4.78 is 120. The first-order valence-corrected chi connectivity index (χ1v) is 17.7. The summed E-state index contributed by atoms with van der Waals surface area (Å²) in [5, 5.41) is 0. The van der Waals surface area contributed by atoms with Crippen molar-refractivity contribution in [3.63, 3.8) is 0 Å². The summed E-state index contributed by atoms with van der Waals surface area (Å²) in [4.78, 5) is 0. The van der Waals surface area contributed by atoms with Gasteiger partial charge in [-0.1, -0.05) is 40.0 Å². The zero-order valence-electron chi connectivity index (χ0n) is 28.6. The third-order valence-electron chi connectivity index (χ3n) is 13.6. The Morgan fingerprint density at radius 1 is 0.875 bits per heavy atom. The van der Waals surface area contributed by atoms with Crippen molar-refractivity contribution in [3.05, 3.63) is 35.6 Å². The third kappa shape index (κ3) is 5.98. The Labute approximate surface area is 279 Å². The van der Waals surface area contributed by atoms with Crippen LogP contribution in [0.15, 0.2) is 30.0 Å². The highest BCUT2D eigenvalue weighted by Crippen LogP contribution is 2.68. The molecule has 0 spiro atoms. The van der Waals surface area contributed by atoms with Crippen LogP contribution in [0.25, 0.3) is 0 Å². The average molecular weight is 693 g/mol. The molecule has 272 valence electrons. The Hall–Kier alpha value is -2.20. The summed E-state index contributed by atoms with van der Waals surface area (Å²) in [5.41, 5.74) is 8.49. The molecule has 0 aromatic heterocycles. The van der Waals surface area contributed by atoms with Gasteiger partial charge in [-0.25, -0.2) is 0 Å². The number of benzene rings is 1. The van der Waals surface area contributed by atoms with Crippen LogP contribution < -0.4 is 11.5 Å². The van der Waals surface area contributed by atoms with Crippen molar-refractivity contribution >= 4 is 11.4 Å². The molecule has 1 aromatic carbocycles. The van der Waals surface area contributed by atoms with Crippen LogP contribution in [0.5, 0.6) is 0 Å². The van der Waals surface area contributed by atoms with Crippen LogP contribution in [0.3, 0.4) is 0 Å². The van der Waals surface area contributed by atoms with Crippen LogP contribution in [0.2, 0.25) is 0 Å². The van der Waals surface area contributed by atoms with E-state index < -0.39 is 35.1 Å². The van der Waals surface area contributed by atoms with Crippen molar-refractivity contribution in [3.8, 4) is 0 Å². The Morgan fingerprint density at radius 2 is 1.56 bits per heavy atom. The van der Waals surface area contributed by atoms with Crippen molar-refractivity contribution in [1.82, 2.24) is 0 Å². The van der Waals surface area contributed by atoms with E-state index in [1.807, 2.05) is 0 Å². The highest BCUT2D eigenvalue weighted by atomic mass is 19.4. The molecular weight excluding hydrogens is 640 g/mol. The van der Waals surface area contributed by atoms with Gasteiger partial charge in [-0.2, -0.15) is 35.1 Å². The number of rotatable bonds is 11. The second-order valence-corrected chi connectivity index (χ2v) is 16.2. The second-order valence-electron chi connectivity index (χ2n) is 16.2. The van der Waals surface area contributed by atoms with E-state index in [2.05, 4.69) is 25.5 Å². The number of allylic oxidation sites excluding steroid dienone is 1. The fourth-order valence-corrected chi connectivity index (χ4v) is 10.9. The molecule has 0 radical (unpaired) electrons. The fraction of sp³-hybridized carbons (Fsp3) is 0.784. The van der Waals surface area contributed by atoms with E-state index in [1.165, 1.54) is 64.7 Å². The van der Waals surface area contributed by atoms with Gasteiger partial charge in [-0.05, 0) is 141 Å². The summed E-state index contributed by atoms with van der Waals surface area (Å²) in [6, 6.07) is 1.68. The molecule has 1 unspecified atom stereocenters. The molecule has 0 aliphatic heterocycles. The molecule has 4 N–H and O–H groups in total. The maximum atomic E-state index is 14.7. The Morgan fingerprint density at radius 3 is 2.25 bits per heavy atom. The van der Waals surface area contributed by atoms with Gasteiger partial charge in [0.2, 0.25) is 0 Å². The van der Waals surface area contributed by atoms with E-state index in [4.69, 9.17) is 11.5 Å². The van der Waals surface area contributed by atoms with Gasteiger partial charge in [0.1, 0.15) is 0 Å². The molecule has 8 atom stereocenters. The quantitative estimate of drug-likeness (QED) is 0.138. The van der Waals surface area contributed by atoms with Gasteiger partial charge in [0, 0.05) is 11.4 Å². The predicted octanol–water partition coefficient (Wildman–Crippen LogP) is 11.6. The molecule has 3 nitrogen and oxygen atoms in total. The molecule has 0 saturated heterocycles. The molecule has 11 heteroatoms. The van der Waals surface area contributed by atoms with E-state index >= 15 is 0 Å². The number of halogens is 8. The maximum absolute atomic E-state index is 14.7. The lowest BCUT2D eigenvalue weighted by molar-refractivity contribution is -0.420. The highest BCUT2D eigenvalue weighted by molar-refractivity contribution is 5.58. The first-order valence-electron chi connectivity index (χ1n) is 17.7. The lowest BCUT2D eigenvalue weighted by Crippen LogP contribution is -2.61. The average Bonchev–Trinajstić information content (AvgIpc) is 3.36. The Kier molecular flexibility index (Phi) is 9.92. The maximum Gasteiger partial charge on any atom is 0.470 e. The summed E-state index contributed by atoms with van der Waals surface area (Å²) in [7, 11) is 0. The molecule has 0 heterocycles. The van der Waals surface area contributed by atoms with Gasteiger partial charge in [0.25, 0.3) is 0 Å². The molecule has 5 rings (SSSR count). The molecule has 4 fully saturated rings. The lowest BCUT2D eigenvalue weighted by Gasteiger charge is -2.61. The molecule has 1 aromatic rings. The van der Waals surface area contributed by atoms with Gasteiger partial charge >= 0.3 is 23.9 Å². The SMILES string of the molecule is CC(=COC(F)(F)C(F)(F)C(F)(F)C(F)(F)c1ccc(N)cc1N)CCC[C@@H](C)[C@H]1CC[C@H]2[C@@H]3CCC4CCCC[C@]4(C)[C@H]3CC[C@]12C. The molecule has 0 bridgehead atoms. The molecular formula is C37H52F8N2O. The van der Waals surface area contributed by atoms with Crippen LogP contribution in [-0.2, 0) is 10.7 Å². The monoisotopic (exact) mass is 692 g/mol. The first kappa shape index (κ1) is 37.1. The Balaban J connectivity index is 1.17. The molecule has 4 saturated carbocycles. The molecule has 48 heavy (non-hydrogen) atoms. The molecule has 0 amide bonds. The fourth-order valence-electron chi connectivity index (χ4n) is 10.9. The standard InChI is InChI=1S/C37H52F8N2O/c1-22(21-48-37(44,45)36(42,43)35(40,41)34(38,39)30-14-12-25(46)20-31(30)47)8-7-9-23(2)27-15-16-28-26-13-11-24-10-5-6-18-32(24,3)29(26)17-19-33(27,28)4/h12,14,20-21,23-24,26-29H,5-11,13,15-19,46-47H2,1-4H3/t23-,24?,26+,27-,28+,29+,32+,33-/m1/s1. The van der Waals surface area contributed by atoms with Crippen LogP contribution in [0, 0.1) is 46.3 Å². The van der Waals surface area contributed by atoms with Crippen LogP contribution in [0.4, 0.5) is 46.5 Å². The smallest absolute Gasteiger partial charge is 0.436 e. The third-order valence-corrected chi connectivity index (χ3v) is 13.6. The molecule has 4 aliphatic rings. The Bertz CT molecular complexity index is 1350. The van der Waals surface area contributed by atoms with Gasteiger partial charge in [-0.15, -0.1) is 0 Å². The summed E-state index contributed by atoms with van der Waals surface area (Å²) in [6.07, 6.45) is 8.90. The van der Waals surface area contributed by atoms with Crippen LogP contribution in [0.1, 0.15) is 117 Å². The van der Waals surface area contributed by atoms with Gasteiger partial charge in [-0.3, -0.25) is 0 Å². The zero-order chi connectivity index (χ0) is 35.5. The number of anilines is 2. The number of hydrogen-bond acceptors (Lipinski definition) is 3. The minimum absolute atomic E-state index is 0.115. The minimum Gasteiger partial charge on any atom is -0.436 e. The van der Waals surface area contributed by atoms with Gasteiger partial charge in [0.05, 0.1) is 11.8 Å². The van der Waals surface area contributed by atoms with E-state index in [0.717, 1.165) is 36.7 Å². The zero-order valence-corrected chi connectivity index (χ0v) is 28.6. The van der Waals surface area contributed by atoms with Crippen molar-refractivity contribution in [1.29, 1.82) is 0 Å². The van der Waals surface area contributed by atoms with Crippen molar-refractivity contribution in [2.24, 2.45) is 46.3 Å². The predicted molar refractivity (Wildman–Crippen MR) is 172 cm³/mol. The van der Waals surface area contributed by atoms with Gasteiger partial charge < -0.3 is 16.2 Å². The van der Waals surface area contributed by atoms with E-state index in [1.54, 1.807) is 0 Å². The van der Waals surface area contributed by atoms with Crippen LogP contribution >= 0.6 is 0 Å². The second kappa shape index (κ2) is 12.8. The van der Waals surface area contributed by atoms with E-state index in [9.17, 15) is 35.1 Å². The van der Waals surface area contributed by atoms with E-state index in [0.29, 0.717) is 41.7 Å². The highest BCUT2D eigenvalue weighted by Gasteiger charge is 2.83. The van der Waals surface area contributed by atoms with Crippen molar-refractivity contribution < 1.29 is 39.9 Å². The topological polar surface area (TPSA) is 61.3 Å². The van der Waals surface area contributed by atoms with E-state index in [-0.39, 0.29) is 29.4 Å². The summed E-state index contributed by atoms with van der Waals surface area (Å²) >= 11 is 0. The lowest BCUT2D eigenvalue weighted by atomic mass is 9.44. The minimum atomic E-state index is -6.59. The van der Waals surface area contributed by atoms with Crippen molar-refractivity contribution in [2.75, 3.05) is 11.5 Å². The number of nitrogens with two attached hydrogens (primary N) is 2. The normalized spacial score (nSPS) is 33.8. The number of hydrogen-bond donors (Lipinski definition) is 2. The number of alkyl halides is 8. The van der Waals surface area contributed by atoms with Crippen LogP contribution in [-0.4, -0.2) is 18.0 Å². The summed E-state index contributed by atoms with van der Waals surface area (Å²) in [6.45, 7) is 8.63. The number of ether oxygens (including phenoxy) is 1. The summed E-state index contributed by atoms with van der Waals surface area (Å²) in [5.74, 6) is -14.9. The molecule has 4 aliphatic carbocycles.